The third-order valence-corrected chi connectivity index (χ3v) is 4.91. The van der Waals surface area contributed by atoms with Gasteiger partial charge in [-0.3, -0.25) is 9.59 Å². The van der Waals surface area contributed by atoms with Crippen LogP contribution >= 0.6 is 0 Å². The van der Waals surface area contributed by atoms with E-state index >= 15 is 0 Å². The van der Waals surface area contributed by atoms with E-state index in [9.17, 15) is 9.59 Å². The molecule has 1 heterocycles. The maximum Gasteiger partial charge on any atom is 0.307 e. The standard InChI is InChI=1S/C16H27NO3/c1-12-6-8-13(9-7-12)16(19)17-10-4-3-5-14(17)11-15(18)20-2/h12-14H,3-11H2,1-2H3. The molecule has 0 aromatic carbocycles. The molecule has 4 nitrogen and oxygen atoms in total. The molecule has 1 atom stereocenters. The van der Waals surface area contributed by atoms with Crippen molar-refractivity contribution >= 4 is 11.9 Å². The molecule has 0 aromatic heterocycles. The average molecular weight is 281 g/mol. The van der Waals surface area contributed by atoms with Crippen molar-refractivity contribution in [3.05, 3.63) is 0 Å². The van der Waals surface area contributed by atoms with Gasteiger partial charge in [0.25, 0.3) is 0 Å². The summed E-state index contributed by atoms with van der Waals surface area (Å²) in [6.07, 6.45) is 7.80. The number of piperidine rings is 1. The van der Waals surface area contributed by atoms with Gasteiger partial charge in [0.15, 0.2) is 0 Å². The number of hydrogen-bond donors (Lipinski definition) is 0. The summed E-state index contributed by atoms with van der Waals surface area (Å²) >= 11 is 0. The molecule has 0 aromatic rings. The van der Waals surface area contributed by atoms with Crippen molar-refractivity contribution in [1.29, 1.82) is 0 Å². The zero-order chi connectivity index (χ0) is 14.5. The van der Waals surface area contributed by atoms with Gasteiger partial charge in [0.1, 0.15) is 0 Å². The summed E-state index contributed by atoms with van der Waals surface area (Å²) in [6, 6.07) is 0.0584. The summed E-state index contributed by atoms with van der Waals surface area (Å²) in [5, 5.41) is 0. The van der Waals surface area contributed by atoms with Gasteiger partial charge in [-0.2, -0.15) is 0 Å². The summed E-state index contributed by atoms with van der Waals surface area (Å²) < 4.78 is 4.76. The van der Waals surface area contributed by atoms with E-state index in [1.165, 1.54) is 7.11 Å². The minimum absolute atomic E-state index is 0.0584. The molecule has 0 spiro atoms. The Bertz CT molecular complexity index is 348. The number of amides is 1. The van der Waals surface area contributed by atoms with Crippen molar-refractivity contribution in [2.75, 3.05) is 13.7 Å². The van der Waals surface area contributed by atoms with Crippen LogP contribution < -0.4 is 0 Å². The Balaban J connectivity index is 1.96. The van der Waals surface area contributed by atoms with Crippen LogP contribution in [0.1, 0.15) is 58.3 Å². The second kappa shape index (κ2) is 7.09. The number of esters is 1. The Morgan fingerprint density at radius 1 is 1.10 bits per heavy atom. The van der Waals surface area contributed by atoms with Gasteiger partial charge in [-0.05, 0) is 50.9 Å². The van der Waals surface area contributed by atoms with E-state index in [0.29, 0.717) is 6.42 Å². The molecule has 20 heavy (non-hydrogen) atoms. The fourth-order valence-corrected chi connectivity index (χ4v) is 3.52. The molecule has 1 aliphatic carbocycles. The van der Waals surface area contributed by atoms with Crippen LogP contribution in [-0.4, -0.2) is 36.5 Å². The molecule has 1 saturated carbocycles. The first-order valence-electron chi connectivity index (χ1n) is 7.99. The number of likely N-dealkylation sites (tertiary alicyclic amines) is 1. The van der Waals surface area contributed by atoms with E-state index in [-0.39, 0.29) is 23.8 Å². The zero-order valence-electron chi connectivity index (χ0n) is 12.8. The summed E-state index contributed by atoms with van der Waals surface area (Å²) in [4.78, 5) is 26.2. The van der Waals surface area contributed by atoms with Gasteiger partial charge in [-0.25, -0.2) is 0 Å². The number of methoxy groups -OCH3 is 1. The summed E-state index contributed by atoms with van der Waals surface area (Å²) in [7, 11) is 1.42. The van der Waals surface area contributed by atoms with E-state index in [1.807, 2.05) is 4.90 Å². The van der Waals surface area contributed by atoms with Crippen molar-refractivity contribution in [1.82, 2.24) is 4.90 Å². The van der Waals surface area contributed by atoms with Crippen LogP contribution in [0.3, 0.4) is 0 Å². The highest BCUT2D eigenvalue weighted by atomic mass is 16.5. The van der Waals surface area contributed by atoms with Gasteiger partial charge in [-0.1, -0.05) is 6.92 Å². The second-order valence-corrected chi connectivity index (χ2v) is 6.42. The third-order valence-electron chi connectivity index (χ3n) is 4.91. The Labute approximate surface area is 121 Å². The minimum atomic E-state index is -0.202. The van der Waals surface area contributed by atoms with Crippen LogP contribution in [0.4, 0.5) is 0 Å². The average Bonchev–Trinajstić information content (AvgIpc) is 2.48. The van der Waals surface area contributed by atoms with Gasteiger partial charge in [0, 0.05) is 18.5 Å². The van der Waals surface area contributed by atoms with Gasteiger partial charge < -0.3 is 9.64 Å². The fraction of sp³-hybridized carbons (Fsp3) is 0.875. The van der Waals surface area contributed by atoms with Crippen LogP contribution in [0, 0.1) is 11.8 Å². The summed E-state index contributed by atoms with van der Waals surface area (Å²) in [6.45, 7) is 3.08. The Hall–Kier alpha value is -1.06. The number of carbonyl (C=O) groups excluding carboxylic acids is 2. The van der Waals surface area contributed by atoms with Gasteiger partial charge in [0.05, 0.1) is 13.5 Å². The monoisotopic (exact) mass is 281 g/mol. The first kappa shape index (κ1) is 15.3. The molecule has 114 valence electrons. The Kier molecular flexibility index (Phi) is 5.44. The fourth-order valence-electron chi connectivity index (χ4n) is 3.52. The lowest BCUT2D eigenvalue weighted by Crippen LogP contribution is -2.47. The molecule has 0 N–H and O–H groups in total. The lowest BCUT2D eigenvalue weighted by Gasteiger charge is -2.38. The van der Waals surface area contributed by atoms with E-state index in [2.05, 4.69) is 6.92 Å². The minimum Gasteiger partial charge on any atom is -0.469 e. The van der Waals surface area contributed by atoms with Crippen molar-refractivity contribution in [2.24, 2.45) is 11.8 Å². The molecule has 2 fully saturated rings. The molecule has 1 saturated heterocycles. The van der Waals surface area contributed by atoms with Crippen LogP contribution in [0.2, 0.25) is 0 Å². The maximum absolute atomic E-state index is 12.7. The number of rotatable bonds is 3. The molecular weight excluding hydrogens is 254 g/mol. The molecule has 1 aliphatic heterocycles. The van der Waals surface area contributed by atoms with Gasteiger partial charge >= 0.3 is 5.97 Å². The third kappa shape index (κ3) is 3.74. The molecule has 2 rings (SSSR count). The Morgan fingerprint density at radius 3 is 2.45 bits per heavy atom. The molecule has 1 unspecified atom stereocenters. The van der Waals surface area contributed by atoms with Crippen LogP contribution in [0.25, 0.3) is 0 Å². The van der Waals surface area contributed by atoms with Crippen molar-refractivity contribution in [2.45, 2.75) is 64.3 Å². The maximum atomic E-state index is 12.7. The summed E-state index contributed by atoms with van der Waals surface area (Å²) in [5.74, 6) is 1.02. The van der Waals surface area contributed by atoms with Crippen molar-refractivity contribution < 1.29 is 14.3 Å². The van der Waals surface area contributed by atoms with Gasteiger partial charge in [-0.15, -0.1) is 0 Å². The number of nitrogens with zero attached hydrogens (tertiary/aromatic N) is 1. The molecular formula is C16H27NO3. The topological polar surface area (TPSA) is 46.6 Å². The predicted octanol–water partition coefficient (Wildman–Crippen LogP) is 2.76. The molecule has 2 aliphatic rings. The predicted molar refractivity (Wildman–Crippen MR) is 77.1 cm³/mol. The largest absolute Gasteiger partial charge is 0.469 e. The smallest absolute Gasteiger partial charge is 0.307 e. The van der Waals surface area contributed by atoms with Crippen LogP contribution in [-0.2, 0) is 14.3 Å². The van der Waals surface area contributed by atoms with Gasteiger partial charge in [0.2, 0.25) is 5.91 Å². The second-order valence-electron chi connectivity index (χ2n) is 6.42. The Morgan fingerprint density at radius 2 is 1.80 bits per heavy atom. The first-order valence-corrected chi connectivity index (χ1v) is 7.99. The van der Waals surface area contributed by atoms with Crippen molar-refractivity contribution in [3.8, 4) is 0 Å². The molecule has 0 radical (unpaired) electrons. The SMILES string of the molecule is COC(=O)CC1CCCCN1C(=O)C1CCC(C)CC1. The zero-order valence-corrected chi connectivity index (χ0v) is 12.8. The van der Waals surface area contributed by atoms with E-state index < -0.39 is 0 Å². The van der Waals surface area contributed by atoms with E-state index in [4.69, 9.17) is 4.74 Å². The quantitative estimate of drug-likeness (QED) is 0.747. The number of ether oxygens (including phenoxy) is 1. The lowest BCUT2D eigenvalue weighted by atomic mass is 9.81. The highest BCUT2D eigenvalue weighted by Crippen LogP contribution is 2.31. The highest BCUT2D eigenvalue weighted by Gasteiger charge is 2.34. The number of hydrogen-bond acceptors (Lipinski definition) is 3. The van der Waals surface area contributed by atoms with Crippen LogP contribution in [0.15, 0.2) is 0 Å². The van der Waals surface area contributed by atoms with Crippen molar-refractivity contribution in [3.63, 3.8) is 0 Å². The molecule has 0 bridgehead atoms. The molecule has 4 heteroatoms. The first-order chi connectivity index (χ1) is 9.61. The normalized spacial score (nSPS) is 30.9. The van der Waals surface area contributed by atoms with E-state index in [0.717, 1.165) is 57.4 Å². The summed E-state index contributed by atoms with van der Waals surface area (Å²) in [5.41, 5.74) is 0. The molecule has 1 amide bonds. The lowest BCUT2D eigenvalue weighted by molar-refractivity contribution is -0.146. The van der Waals surface area contributed by atoms with E-state index in [1.54, 1.807) is 0 Å². The van der Waals surface area contributed by atoms with Crippen LogP contribution in [0.5, 0.6) is 0 Å². The number of carbonyl (C=O) groups is 2. The highest BCUT2D eigenvalue weighted by molar-refractivity contribution is 5.80.